The molecule has 5 atom stereocenters. The summed E-state index contributed by atoms with van der Waals surface area (Å²) in [7, 11) is -16.5. The third-order valence-electron chi connectivity index (χ3n) is 10.4. The fraction of sp³-hybridized carbons (Fsp3) is 0.565. The van der Waals surface area contributed by atoms with Gasteiger partial charge in [0.2, 0.25) is 0 Å². The molecule has 0 bridgehead atoms. The molecular formula is C46H67N2O18P3. The number of hydrogen-bond acceptors (Lipinski definition) is 16. The lowest BCUT2D eigenvalue weighted by Crippen LogP contribution is -2.33. The number of carbonyl (C=O) groups is 2. The number of aromatic nitrogens is 2. The standard InChI is InChI=1S/C46H67N2O18P3/c1-5-6-7-8-9-10-11-12-13-14-15-16-17-18-29-58-46(52)64-40-25-21-38(22-26-40)33-61-69(57,60-32-37-19-23-39(24-20-37)63-43(49)30-35(2)3)66-68(55,56)65-67(53,54)59-34-41-27-28-42(62-41)48-31-36(4)44(50)47-45(48)51/h19-28,31,35,41-42H,5-18,29-30,32-34H2,1-4H3,(H,53,54)(H,55,56)(H,47,50,51)/t41-,42+,69?/m0/s1. The second-order valence-corrected chi connectivity index (χ2v) is 21.8. The van der Waals surface area contributed by atoms with Gasteiger partial charge in [0.05, 0.1) is 26.4 Å². The third-order valence-corrected chi connectivity index (χ3v) is 15.0. The number of nitrogens with one attached hydrogen (secondary N) is 1. The van der Waals surface area contributed by atoms with E-state index in [2.05, 4.69) is 16.2 Å². The van der Waals surface area contributed by atoms with Crippen LogP contribution in [0.4, 0.5) is 4.79 Å². The van der Waals surface area contributed by atoms with Gasteiger partial charge in [0.1, 0.15) is 17.6 Å². The van der Waals surface area contributed by atoms with Crippen LogP contribution in [0.1, 0.15) is 140 Å². The smallest absolute Gasteiger partial charge is 0.434 e. The summed E-state index contributed by atoms with van der Waals surface area (Å²) in [6, 6.07) is 11.5. The Morgan fingerprint density at radius 3 is 1.77 bits per heavy atom. The Hall–Kier alpha value is -4.03. The molecule has 0 amide bonds. The minimum absolute atomic E-state index is 0.0688. The number of nitrogens with zero attached hydrogens (tertiary/aromatic N) is 1. The number of ether oxygens (including phenoxy) is 4. The maximum atomic E-state index is 14.0. The number of phosphoric ester groups is 2. The zero-order valence-electron chi connectivity index (χ0n) is 39.7. The molecule has 4 rings (SSSR count). The highest BCUT2D eigenvalue weighted by molar-refractivity contribution is 7.67. The maximum absolute atomic E-state index is 14.0. The van der Waals surface area contributed by atoms with Crippen molar-refractivity contribution in [1.82, 2.24) is 9.55 Å². The van der Waals surface area contributed by atoms with Crippen LogP contribution in [0.3, 0.4) is 0 Å². The first-order chi connectivity index (χ1) is 32.8. The number of phosphoric acid groups is 3. The molecule has 0 spiro atoms. The molecule has 2 aromatic carbocycles. The van der Waals surface area contributed by atoms with Gasteiger partial charge in [-0.15, -0.1) is 0 Å². The predicted octanol–water partition coefficient (Wildman–Crippen LogP) is 11.0. The van der Waals surface area contributed by atoms with E-state index >= 15 is 0 Å². The van der Waals surface area contributed by atoms with Crippen molar-refractivity contribution < 1.29 is 74.2 Å². The number of rotatable bonds is 33. The molecule has 3 aromatic rings. The van der Waals surface area contributed by atoms with Crippen LogP contribution < -0.4 is 20.7 Å². The first kappa shape index (κ1) is 57.5. The van der Waals surface area contributed by atoms with Crippen LogP contribution >= 0.6 is 23.5 Å². The SMILES string of the molecule is CCCCCCCCCCCCCCCCOC(=O)Oc1ccc(COP(=O)(OCc2ccc(OC(=O)CC(C)C)cc2)OP(=O)(O)OP(=O)(O)OC[C@@H]2C=C[C@H](n3cc(C)c(=O)[nH]c3=O)O2)cc1. The molecule has 20 nitrogen and oxygen atoms in total. The molecule has 0 radical (unpaired) electrons. The minimum atomic E-state index is -5.82. The topological polar surface area (TPSA) is 264 Å². The fourth-order valence-corrected chi connectivity index (χ4v) is 10.8. The van der Waals surface area contributed by atoms with Gasteiger partial charge in [0.25, 0.3) is 5.56 Å². The second-order valence-electron chi connectivity index (χ2n) is 17.0. The van der Waals surface area contributed by atoms with Gasteiger partial charge in [0.15, 0.2) is 6.23 Å². The van der Waals surface area contributed by atoms with Gasteiger partial charge in [-0.3, -0.25) is 32.7 Å². The molecule has 1 aliphatic heterocycles. The van der Waals surface area contributed by atoms with Crippen LogP contribution in [0.25, 0.3) is 0 Å². The summed E-state index contributed by atoms with van der Waals surface area (Å²) in [6.07, 6.45) is 18.1. The molecule has 0 aliphatic carbocycles. The molecule has 1 aromatic heterocycles. The highest BCUT2D eigenvalue weighted by Crippen LogP contribution is 2.69. The number of hydrogen-bond donors (Lipinski definition) is 3. The van der Waals surface area contributed by atoms with Crippen molar-refractivity contribution in [2.24, 2.45) is 5.92 Å². The molecule has 1 aliphatic rings. The number of esters is 1. The minimum Gasteiger partial charge on any atom is -0.434 e. The first-order valence-electron chi connectivity index (χ1n) is 23.3. The summed E-state index contributed by atoms with van der Waals surface area (Å²) in [6.45, 7) is 5.75. The molecule has 2 heterocycles. The Bertz CT molecular complexity index is 2350. The Morgan fingerprint density at radius 2 is 1.23 bits per heavy atom. The fourth-order valence-electron chi connectivity index (χ4n) is 6.76. The summed E-state index contributed by atoms with van der Waals surface area (Å²) in [4.78, 5) is 71.5. The van der Waals surface area contributed by atoms with E-state index in [0.29, 0.717) is 17.5 Å². The molecule has 0 saturated heterocycles. The molecule has 0 saturated carbocycles. The van der Waals surface area contributed by atoms with Crippen LogP contribution in [0.15, 0.2) is 76.5 Å². The van der Waals surface area contributed by atoms with Crippen molar-refractivity contribution in [3.8, 4) is 11.5 Å². The van der Waals surface area contributed by atoms with E-state index in [1.807, 2.05) is 13.8 Å². The largest absolute Gasteiger partial charge is 0.513 e. The molecule has 384 valence electrons. The average molecular weight is 1030 g/mol. The Kier molecular flexibility index (Phi) is 24.5. The van der Waals surface area contributed by atoms with E-state index in [-0.39, 0.29) is 36.0 Å². The van der Waals surface area contributed by atoms with E-state index in [1.54, 1.807) is 0 Å². The number of carbonyl (C=O) groups excluding carboxylic acids is 2. The number of aromatic amines is 1. The van der Waals surface area contributed by atoms with Gasteiger partial charge >= 0.3 is 41.3 Å². The normalized spacial score (nSPS) is 17.3. The lowest BCUT2D eigenvalue weighted by atomic mass is 10.0. The van der Waals surface area contributed by atoms with Gasteiger partial charge in [-0.05, 0) is 60.7 Å². The highest BCUT2D eigenvalue weighted by Gasteiger charge is 2.44. The van der Waals surface area contributed by atoms with Crippen molar-refractivity contribution in [3.63, 3.8) is 0 Å². The van der Waals surface area contributed by atoms with Gasteiger partial charge in [-0.2, -0.15) is 8.62 Å². The van der Waals surface area contributed by atoms with Crippen molar-refractivity contribution in [2.75, 3.05) is 13.2 Å². The van der Waals surface area contributed by atoms with Crippen molar-refractivity contribution in [2.45, 2.75) is 150 Å². The summed E-state index contributed by atoms with van der Waals surface area (Å²) >= 11 is 0. The summed E-state index contributed by atoms with van der Waals surface area (Å²) in [5.74, 6) is -0.0418. The lowest BCUT2D eigenvalue weighted by Gasteiger charge is -2.22. The summed E-state index contributed by atoms with van der Waals surface area (Å²) in [5, 5.41) is 0. The first-order valence-corrected chi connectivity index (χ1v) is 27.8. The second kappa shape index (κ2) is 29.3. The van der Waals surface area contributed by atoms with Gasteiger partial charge in [-0.1, -0.05) is 135 Å². The molecule has 3 unspecified atom stereocenters. The van der Waals surface area contributed by atoms with Crippen molar-refractivity contribution in [3.05, 3.63) is 104 Å². The molecule has 0 fully saturated rings. The van der Waals surface area contributed by atoms with Crippen LogP contribution in [-0.2, 0) is 63.4 Å². The van der Waals surface area contributed by atoms with Crippen LogP contribution in [0.2, 0.25) is 0 Å². The lowest BCUT2D eigenvalue weighted by molar-refractivity contribution is -0.135. The van der Waals surface area contributed by atoms with E-state index in [1.165, 1.54) is 138 Å². The predicted molar refractivity (Wildman–Crippen MR) is 254 cm³/mol. The molecule has 3 N–H and O–H groups in total. The quantitative estimate of drug-likeness (QED) is 0.0128. The van der Waals surface area contributed by atoms with Crippen LogP contribution in [-0.4, -0.2) is 50.8 Å². The van der Waals surface area contributed by atoms with Gasteiger partial charge < -0.3 is 28.7 Å². The van der Waals surface area contributed by atoms with Crippen LogP contribution in [0.5, 0.6) is 11.5 Å². The van der Waals surface area contributed by atoms with E-state index < -0.39 is 79.0 Å². The van der Waals surface area contributed by atoms with Gasteiger partial charge in [-0.25, -0.2) is 23.3 Å². The summed E-state index contributed by atoms with van der Waals surface area (Å²) in [5.41, 5.74) is -0.542. The Labute approximate surface area is 402 Å². The zero-order valence-corrected chi connectivity index (χ0v) is 42.4. The maximum Gasteiger partial charge on any atom is 0.513 e. The number of unbranched alkanes of at least 4 members (excludes halogenated alkanes) is 13. The molecule has 69 heavy (non-hydrogen) atoms. The molecule has 23 heteroatoms. The Morgan fingerprint density at radius 1 is 0.710 bits per heavy atom. The van der Waals surface area contributed by atoms with Crippen LogP contribution in [0, 0.1) is 12.8 Å². The molecular weight excluding hydrogens is 961 g/mol. The average Bonchev–Trinajstić information content (AvgIpc) is 3.76. The Balaban J connectivity index is 1.27. The van der Waals surface area contributed by atoms with E-state index in [9.17, 15) is 42.7 Å². The van der Waals surface area contributed by atoms with Crippen molar-refractivity contribution in [1.29, 1.82) is 0 Å². The third kappa shape index (κ3) is 22.7. The van der Waals surface area contributed by atoms with E-state index in [0.717, 1.165) is 23.8 Å². The highest BCUT2D eigenvalue weighted by atomic mass is 31.3. The number of aryl methyl sites for hydroxylation is 1. The van der Waals surface area contributed by atoms with Gasteiger partial charge in [0, 0.05) is 18.2 Å². The number of benzene rings is 2. The van der Waals surface area contributed by atoms with E-state index in [4.69, 9.17) is 36.8 Å². The number of H-pyrrole nitrogens is 1. The zero-order chi connectivity index (χ0) is 50.3. The summed E-state index contributed by atoms with van der Waals surface area (Å²) < 4.78 is 87.2. The van der Waals surface area contributed by atoms with Crippen molar-refractivity contribution >= 4 is 35.6 Å². The monoisotopic (exact) mass is 1030 g/mol.